The predicted molar refractivity (Wildman–Crippen MR) is 99.1 cm³/mol. The lowest BCUT2D eigenvalue weighted by Crippen LogP contribution is -2.15. The molecule has 134 valence electrons. The highest BCUT2D eigenvalue weighted by Crippen LogP contribution is 2.21. The van der Waals surface area contributed by atoms with Crippen molar-refractivity contribution >= 4 is 22.6 Å². The summed E-state index contributed by atoms with van der Waals surface area (Å²) in [7, 11) is 0. The van der Waals surface area contributed by atoms with E-state index in [9.17, 15) is 9.59 Å². The third-order valence-electron chi connectivity index (χ3n) is 4.35. The third kappa shape index (κ3) is 3.08. The number of aryl methyl sites for hydroxylation is 2. The second-order valence-corrected chi connectivity index (χ2v) is 6.09. The van der Waals surface area contributed by atoms with E-state index in [1.807, 2.05) is 19.9 Å². The number of carbonyl (C=O) groups is 1. The van der Waals surface area contributed by atoms with Crippen molar-refractivity contribution in [3.8, 4) is 5.69 Å². The molecule has 2 aromatic heterocycles. The average Bonchev–Trinajstić information content (AvgIpc) is 3.20. The van der Waals surface area contributed by atoms with E-state index in [-0.39, 0.29) is 11.2 Å². The number of fused-ring (bicyclic) bond motifs is 1. The molecule has 1 amide bonds. The largest absolute Gasteiger partial charge is 0.450 e. The first-order valence-corrected chi connectivity index (χ1v) is 8.22. The van der Waals surface area contributed by atoms with Crippen LogP contribution >= 0.6 is 0 Å². The van der Waals surface area contributed by atoms with Crippen LogP contribution in [0.1, 0.15) is 21.7 Å². The molecule has 2 heterocycles. The molecule has 4 aromatic rings. The first-order chi connectivity index (χ1) is 13.0. The van der Waals surface area contributed by atoms with Crippen LogP contribution in [0.5, 0.6) is 0 Å². The maximum absolute atomic E-state index is 12.5. The quantitative estimate of drug-likeness (QED) is 0.602. The van der Waals surface area contributed by atoms with Gasteiger partial charge >= 0.3 is 0 Å². The van der Waals surface area contributed by atoms with Crippen molar-refractivity contribution in [1.82, 2.24) is 20.2 Å². The molecule has 8 heteroatoms. The lowest BCUT2D eigenvalue weighted by atomic mass is 10.1. The first kappa shape index (κ1) is 16.6. The molecule has 0 radical (unpaired) electrons. The summed E-state index contributed by atoms with van der Waals surface area (Å²) >= 11 is 0. The Labute approximate surface area is 153 Å². The Morgan fingerprint density at radius 3 is 2.59 bits per heavy atom. The smallest absolute Gasteiger partial charge is 0.291 e. The minimum absolute atomic E-state index is 0.0387. The van der Waals surface area contributed by atoms with E-state index in [1.165, 1.54) is 17.2 Å². The van der Waals surface area contributed by atoms with Gasteiger partial charge in [0.2, 0.25) is 0 Å². The lowest BCUT2D eigenvalue weighted by Gasteiger charge is -2.08. The van der Waals surface area contributed by atoms with Crippen LogP contribution in [0.4, 0.5) is 5.69 Å². The SMILES string of the molecule is Cc1ccc2c(=O)cc(C(=O)Nc3ccc(-n4ncnn4)cc3)oc2c1C. The summed E-state index contributed by atoms with van der Waals surface area (Å²) in [6.07, 6.45) is 1.33. The Balaban J connectivity index is 1.63. The molecule has 0 aliphatic rings. The number of nitrogens with one attached hydrogen (secondary N) is 1. The minimum Gasteiger partial charge on any atom is -0.450 e. The molecule has 0 saturated carbocycles. The lowest BCUT2D eigenvalue weighted by molar-refractivity contribution is 0.0997. The third-order valence-corrected chi connectivity index (χ3v) is 4.35. The van der Waals surface area contributed by atoms with E-state index in [1.54, 1.807) is 30.3 Å². The van der Waals surface area contributed by atoms with Crippen molar-refractivity contribution < 1.29 is 9.21 Å². The van der Waals surface area contributed by atoms with Crippen LogP contribution in [-0.4, -0.2) is 26.1 Å². The fraction of sp³-hybridized carbons (Fsp3) is 0.105. The molecule has 0 spiro atoms. The summed E-state index contributed by atoms with van der Waals surface area (Å²) in [5, 5.41) is 14.6. The summed E-state index contributed by atoms with van der Waals surface area (Å²) in [5.41, 5.74) is 3.25. The van der Waals surface area contributed by atoms with E-state index < -0.39 is 5.91 Å². The van der Waals surface area contributed by atoms with Crippen LogP contribution in [-0.2, 0) is 0 Å². The molecule has 1 N–H and O–H groups in total. The van der Waals surface area contributed by atoms with Crippen LogP contribution in [0.15, 0.2) is 58.0 Å². The fourth-order valence-electron chi connectivity index (χ4n) is 2.72. The highest BCUT2D eigenvalue weighted by molar-refractivity contribution is 6.03. The van der Waals surface area contributed by atoms with Crippen molar-refractivity contribution in [1.29, 1.82) is 0 Å². The average molecular weight is 361 g/mol. The Bertz CT molecular complexity index is 1190. The molecule has 27 heavy (non-hydrogen) atoms. The van der Waals surface area contributed by atoms with Crippen LogP contribution < -0.4 is 10.7 Å². The number of tetrazole rings is 1. The van der Waals surface area contributed by atoms with Gasteiger partial charge < -0.3 is 9.73 Å². The maximum Gasteiger partial charge on any atom is 0.291 e. The van der Waals surface area contributed by atoms with Crippen LogP contribution in [0, 0.1) is 13.8 Å². The molecule has 0 aliphatic carbocycles. The van der Waals surface area contributed by atoms with Gasteiger partial charge in [0.05, 0.1) is 11.1 Å². The number of anilines is 1. The highest BCUT2D eigenvalue weighted by Gasteiger charge is 2.14. The van der Waals surface area contributed by atoms with Crippen molar-refractivity contribution in [2.45, 2.75) is 13.8 Å². The molecule has 0 saturated heterocycles. The van der Waals surface area contributed by atoms with Gasteiger partial charge in [-0.05, 0) is 60.5 Å². The molecular formula is C19H15N5O3. The molecule has 2 aromatic carbocycles. The van der Waals surface area contributed by atoms with Crippen LogP contribution in [0.25, 0.3) is 16.7 Å². The number of amides is 1. The summed E-state index contributed by atoms with van der Waals surface area (Å²) in [6.45, 7) is 3.78. The normalized spacial score (nSPS) is 10.9. The molecule has 0 atom stereocenters. The summed E-state index contributed by atoms with van der Waals surface area (Å²) in [5.74, 6) is -0.537. The van der Waals surface area contributed by atoms with Gasteiger partial charge in [-0.25, -0.2) is 0 Å². The van der Waals surface area contributed by atoms with Gasteiger partial charge in [0, 0.05) is 11.8 Å². The number of carbonyl (C=O) groups excluding carboxylic acids is 1. The second kappa shape index (κ2) is 6.49. The van der Waals surface area contributed by atoms with Gasteiger partial charge in [0.15, 0.2) is 17.5 Å². The Morgan fingerprint density at radius 1 is 1.11 bits per heavy atom. The number of aromatic nitrogens is 4. The van der Waals surface area contributed by atoms with Crippen LogP contribution in [0.2, 0.25) is 0 Å². The van der Waals surface area contributed by atoms with Gasteiger partial charge in [-0.2, -0.15) is 0 Å². The van der Waals surface area contributed by atoms with E-state index in [0.29, 0.717) is 22.3 Å². The van der Waals surface area contributed by atoms with Gasteiger partial charge in [-0.1, -0.05) is 6.07 Å². The van der Waals surface area contributed by atoms with E-state index in [2.05, 4.69) is 20.7 Å². The zero-order valence-corrected chi connectivity index (χ0v) is 14.6. The number of rotatable bonds is 3. The predicted octanol–water partition coefficient (Wildman–Crippen LogP) is 2.64. The highest BCUT2D eigenvalue weighted by atomic mass is 16.3. The number of hydrogen-bond donors (Lipinski definition) is 1. The molecule has 0 bridgehead atoms. The minimum atomic E-state index is -0.499. The maximum atomic E-state index is 12.5. The second-order valence-electron chi connectivity index (χ2n) is 6.09. The van der Waals surface area contributed by atoms with Crippen molar-refractivity contribution in [3.05, 3.63) is 75.9 Å². The van der Waals surface area contributed by atoms with Crippen molar-refractivity contribution in [2.24, 2.45) is 0 Å². The van der Waals surface area contributed by atoms with Gasteiger partial charge in [0.25, 0.3) is 5.91 Å². The van der Waals surface area contributed by atoms with Gasteiger partial charge in [0.1, 0.15) is 5.58 Å². The summed E-state index contributed by atoms with van der Waals surface area (Å²) < 4.78 is 5.73. The van der Waals surface area contributed by atoms with Gasteiger partial charge in [-0.15, -0.1) is 15.0 Å². The van der Waals surface area contributed by atoms with E-state index in [4.69, 9.17) is 4.42 Å². The topological polar surface area (TPSA) is 103 Å². The monoisotopic (exact) mass is 361 g/mol. The number of benzene rings is 2. The zero-order valence-electron chi connectivity index (χ0n) is 14.6. The molecule has 0 aliphatic heterocycles. The summed E-state index contributed by atoms with van der Waals surface area (Å²) in [6, 6.07) is 11.7. The first-order valence-electron chi connectivity index (χ1n) is 8.22. The molecule has 4 rings (SSSR count). The number of hydrogen-bond acceptors (Lipinski definition) is 6. The molecule has 0 unspecified atom stereocenters. The van der Waals surface area contributed by atoms with E-state index >= 15 is 0 Å². The van der Waals surface area contributed by atoms with Crippen molar-refractivity contribution in [3.63, 3.8) is 0 Å². The Hall–Kier alpha value is -3.81. The number of nitrogens with zero attached hydrogens (tertiary/aromatic N) is 4. The van der Waals surface area contributed by atoms with Crippen molar-refractivity contribution in [2.75, 3.05) is 5.32 Å². The fourth-order valence-corrected chi connectivity index (χ4v) is 2.72. The Morgan fingerprint density at radius 2 is 1.89 bits per heavy atom. The molecule has 8 nitrogen and oxygen atoms in total. The zero-order chi connectivity index (χ0) is 19.0. The van der Waals surface area contributed by atoms with Crippen LogP contribution in [0.3, 0.4) is 0 Å². The molecular weight excluding hydrogens is 346 g/mol. The Kier molecular flexibility index (Phi) is 4.00. The summed E-state index contributed by atoms with van der Waals surface area (Å²) in [4.78, 5) is 26.2. The van der Waals surface area contributed by atoms with Gasteiger partial charge in [-0.3, -0.25) is 9.59 Å². The van der Waals surface area contributed by atoms with E-state index in [0.717, 1.165) is 11.1 Å². The standard InChI is InChI=1S/C19H15N5O3/c1-11-3-8-15-16(25)9-17(27-18(15)12(11)2)19(26)22-13-4-6-14(7-5-13)24-21-10-20-23-24/h3-10H,1-2H3,(H,22,26). The molecule has 0 fully saturated rings.